The van der Waals surface area contributed by atoms with Gasteiger partial charge in [0.15, 0.2) is 0 Å². The van der Waals surface area contributed by atoms with Crippen molar-refractivity contribution in [1.82, 2.24) is 0 Å². The SMILES string of the molecule is [2H]C1([2H])CC(C(N)=O)C2=C(c3cc(Cl)c(C)cc3C2)C1([2H])[2H].[2H]C1([2H])CC(C(N)=O)C2=C(c3cc(Cl)cc(C)c3C2)C1([2H])[2H].[2H]C1([2H])CC(C(N)=O)C2=C(c3cc(Cl)ccc3C2)C1([2H])[2H].[2H]c1c(C)c(Cl)c([2H])c2c1CC1=C2C([2H])([2H])CC([2H])([2H])C1([2H])C(N)=O.[2H]c1c(Cl)c(C)cc2c1C1=C(C2)C([2H])(C(N)=O)C([2H])([2H])CC1([2H])[2H].[2H]c1c(Cl)cc(C)c2c1C1=C(C2)C([2H])(C(N)=O)C([2H])([2H])CC1([2H])[2H]. The van der Waals surface area contributed by atoms with Gasteiger partial charge in [-0.15, -0.1) is 0 Å². The maximum Gasteiger partial charge on any atom is 0.224 e. The standard InChI is InChI=1S/5C15H16ClNO.C14H14ClNO/c3*1-8-5-9-6-13-10(12(9)7-14(8)16)3-2-4-11(13)15(17)18;2*1-8-5-9(16)6-13-10-3-2-4-11(15(17)18)14(10)7-12(8)13;15-9-5-4-8-6-13-10(12(8)7-9)2-1-3-11(13)14(16)17/h3*5,7,11H,2-4,6H2,1H3,(H2,17,18);2*5-6,11H,2-4,7H2,1H3,(H2,17,18);4-5,7,11H,1-3,6H2,(H2,16,17)/i3D2,4D2,5D,7D,11D;3D2,4D2,7D,11D;2D2,3D2;3D2,4D2,6D,11D;2D2,3D2;1D2,2D2. The highest BCUT2D eigenvalue weighted by Crippen LogP contribution is 2.52. The average molecular weight is 1590 g/mol. The number of hydrogen-bond donors (Lipinski definition) is 6. The van der Waals surface area contributed by atoms with Crippen molar-refractivity contribution >= 4 is 138 Å². The maximum absolute atomic E-state index is 12.0. The number of rotatable bonds is 6. The molecule has 6 unspecified atom stereocenters. The van der Waals surface area contributed by atoms with Crippen molar-refractivity contribution in [3.05, 3.63) is 237 Å². The van der Waals surface area contributed by atoms with Crippen LogP contribution in [0.5, 0.6) is 0 Å². The average Bonchev–Trinajstić information content (AvgIpc) is 1.47. The molecular formula is C89H94Cl6N6O6. The number of amides is 6. The molecule has 0 radical (unpaired) electrons. The fourth-order valence-electron chi connectivity index (χ4n) is 15.3. The van der Waals surface area contributed by atoms with E-state index in [1.165, 1.54) is 0 Å². The van der Waals surface area contributed by atoms with Crippen LogP contribution in [0.1, 0.15) is 252 Å². The molecule has 0 aliphatic heterocycles. The van der Waals surface area contributed by atoms with E-state index in [4.69, 9.17) is 147 Å². The van der Waals surface area contributed by atoms with Crippen molar-refractivity contribution in [2.45, 2.75) is 188 Å². The number of carbonyl (C=O) groups is 6. The van der Waals surface area contributed by atoms with Crippen LogP contribution in [0.3, 0.4) is 0 Å². The third kappa shape index (κ3) is 15.7. The molecule has 0 saturated carbocycles. The molecule has 0 spiro atoms. The van der Waals surface area contributed by atoms with E-state index in [9.17, 15) is 28.8 Å². The molecule has 558 valence electrons. The van der Waals surface area contributed by atoms with Crippen molar-refractivity contribution in [1.29, 1.82) is 0 Å². The predicted molar refractivity (Wildman–Crippen MR) is 435 cm³/mol. The van der Waals surface area contributed by atoms with Crippen LogP contribution in [0.25, 0.3) is 33.4 Å². The highest BCUT2D eigenvalue weighted by Gasteiger charge is 2.40. The summed E-state index contributed by atoms with van der Waals surface area (Å²) in [5.74, 6) is -14.9. The lowest BCUT2D eigenvalue weighted by atomic mass is 9.82. The Kier molecular flexibility index (Phi) is 14.2. The van der Waals surface area contributed by atoms with Crippen molar-refractivity contribution in [3.63, 3.8) is 0 Å². The van der Waals surface area contributed by atoms with Gasteiger partial charge in [0.05, 0.1) is 40.9 Å². The summed E-state index contributed by atoms with van der Waals surface area (Å²) >= 11 is 36.5. The fourth-order valence-corrected chi connectivity index (χ4v) is 16.4. The molecule has 0 fully saturated rings. The van der Waals surface area contributed by atoms with Gasteiger partial charge in [-0.3, -0.25) is 28.8 Å². The van der Waals surface area contributed by atoms with Crippen LogP contribution in [-0.2, 0) is 67.3 Å². The lowest BCUT2D eigenvalue weighted by molar-refractivity contribution is -0.121. The Balaban J connectivity index is 0.000000140. The number of hydrogen-bond acceptors (Lipinski definition) is 6. The minimum Gasteiger partial charge on any atom is -0.369 e. The van der Waals surface area contributed by atoms with Gasteiger partial charge in [0.2, 0.25) is 35.4 Å². The zero-order chi connectivity index (χ0) is 104. The van der Waals surface area contributed by atoms with E-state index in [0.717, 1.165) is 27.8 Å². The molecule has 6 aromatic rings. The molecular weight excluding hydrogens is 1460 g/mol. The molecule has 0 aromatic heterocycles. The molecule has 6 amide bonds. The third-order valence-electron chi connectivity index (χ3n) is 20.5. The second-order valence-electron chi connectivity index (χ2n) is 27.2. The van der Waals surface area contributed by atoms with E-state index in [2.05, 4.69) is 0 Å². The number of benzene rings is 6. The normalized spacial score (nSPS) is 33.8. The first-order valence-corrected chi connectivity index (χ1v) is 36.4. The van der Waals surface area contributed by atoms with Gasteiger partial charge in [-0.05, 0) is 404 Å². The number of nitrogens with two attached hydrogens (primary N) is 6. The van der Waals surface area contributed by atoms with Crippen LogP contribution in [-0.4, -0.2) is 35.4 Å². The first kappa shape index (κ1) is 47.4. The second-order valence-corrected chi connectivity index (χ2v) is 29.6. The van der Waals surface area contributed by atoms with E-state index in [1.807, 2.05) is 19.9 Å². The first-order chi connectivity index (χ1) is 62.7. The minimum absolute atomic E-state index is 0.00131. The molecule has 12 nitrogen and oxygen atoms in total. The van der Waals surface area contributed by atoms with Gasteiger partial charge in [-0.1, -0.05) is 93.8 Å². The largest absolute Gasteiger partial charge is 0.369 e. The lowest BCUT2D eigenvalue weighted by Crippen LogP contribution is -2.27. The van der Waals surface area contributed by atoms with Crippen molar-refractivity contribution in [3.8, 4) is 0 Å². The summed E-state index contributed by atoms with van der Waals surface area (Å²) in [5, 5.41) is 1.78. The summed E-state index contributed by atoms with van der Waals surface area (Å²) in [4.78, 5) is 71.2. The molecule has 6 aromatic carbocycles. The molecule has 18 heteroatoms. The summed E-state index contributed by atoms with van der Waals surface area (Å²) in [6.07, 6.45) is -28.6. The van der Waals surface area contributed by atoms with Crippen LogP contribution >= 0.6 is 69.6 Å². The van der Waals surface area contributed by atoms with E-state index < -0.39 is 167 Å². The predicted octanol–water partition coefficient (Wildman–Crippen LogP) is 19.2. The molecule has 12 aliphatic rings. The van der Waals surface area contributed by atoms with Crippen LogP contribution in [0.2, 0.25) is 30.1 Å². The molecule has 0 saturated heterocycles. The summed E-state index contributed by atoms with van der Waals surface area (Å²) in [7, 11) is 0. The van der Waals surface area contributed by atoms with E-state index in [-0.39, 0.29) is 150 Å². The number of fused-ring (bicyclic) bond motifs is 12. The molecule has 18 rings (SSSR count). The molecule has 0 bridgehead atoms. The summed E-state index contributed by atoms with van der Waals surface area (Å²) in [6.45, 7) is 8.78. The second kappa shape index (κ2) is 32.1. The molecule has 0 heterocycles. The quantitative estimate of drug-likeness (QED) is 0.0944. The Bertz CT molecular complexity index is 6650. The van der Waals surface area contributed by atoms with Crippen LogP contribution in [0, 0.1) is 70.1 Å². The van der Waals surface area contributed by atoms with Gasteiger partial charge in [0.1, 0.15) is 0 Å². The lowest BCUT2D eigenvalue weighted by Gasteiger charge is -2.22. The number of primary amides is 6. The first-order valence-electron chi connectivity index (χ1n) is 49.7. The maximum atomic E-state index is 12.0. The van der Waals surface area contributed by atoms with Crippen LogP contribution in [0.4, 0.5) is 0 Å². The Labute approximate surface area is 701 Å². The fraction of sp³-hybridized carbons (Fsp3) is 0.393. The van der Waals surface area contributed by atoms with Gasteiger partial charge in [0, 0.05) is 67.1 Å². The monoisotopic (exact) mass is 1580 g/mol. The highest BCUT2D eigenvalue weighted by molar-refractivity contribution is 6.33. The van der Waals surface area contributed by atoms with Crippen LogP contribution < -0.4 is 34.4 Å². The zero-order valence-corrected chi connectivity index (χ0v) is 63.1. The zero-order valence-electron chi connectivity index (χ0n) is 89.6. The van der Waals surface area contributed by atoms with Crippen molar-refractivity contribution < 1.29 is 71.3 Å². The number of allylic oxidation sites excluding steroid dienone is 6. The molecule has 12 N–H and O–H groups in total. The minimum atomic E-state index is -2.52. The topological polar surface area (TPSA) is 259 Å². The van der Waals surface area contributed by atoms with E-state index in [0.29, 0.717) is 95.6 Å². The van der Waals surface area contributed by atoms with Gasteiger partial charge >= 0.3 is 0 Å². The summed E-state index contributed by atoms with van der Waals surface area (Å²) in [5.41, 5.74) is 44.8. The Morgan fingerprint density at radius 1 is 0.346 bits per heavy atom. The van der Waals surface area contributed by atoms with Gasteiger partial charge in [-0.25, -0.2) is 0 Å². The number of aryl methyl sites for hydroxylation is 4. The number of carbonyl (C=O) groups excluding carboxylic acids is 6. The Morgan fingerprint density at radius 2 is 0.720 bits per heavy atom. The van der Waals surface area contributed by atoms with Gasteiger partial charge in [0.25, 0.3) is 0 Å². The number of halogens is 6. The third-order valence-corrected chi connectivity index (χ3v) is 22.3. The Morgan fingerprint density at radius 3 is 1.23 bits per heavy atom. The highest BCUT2D eigenvalue weighted by atomic mass is 35.5. The molecule has 6 atom stereocenters. The van der Waals surface area contributed by atoms with E-state index >= 15 is 0 Å². The Hall–Kier alpha value is -7.68. The molecule has 12 aliphatic carbocycles. The van der Waals surface area contributed by atoms with Gasteiger partial charge < -0.3 is 34.4 Å². The van der Waals surface area contributed by atoms with Crippen LogP contribution in [0.15, 0.2) is 112 Å². The smallest absolute Gasteiger partial charge is 0.224 e. The molecule has 107 heavy (non-hydrogen) atoms. The van der Waals surface area contributed by atoms with Crippen molar-refractivity contribution in [2.75, 3.05) is 0 Å². The van der Waals surface area contributed by atoms with Gasteiger partial charge in [-0.2, -0.15) is 0 Å². The summed E-state index contributed by atoms with van der Waals surface area (Å²) in [6, 6.07) is 15.1. The van der Waals surface area contributed by atoms with E-state index in [1.54, 1.807) is 69.3 Å². The van der Waals surface area contributed by atoms with Crippen molar-refractivity contribution in [2.24, 2.45) is 69.8 Å². The summed E-state index contributed by atoms with van der Waals surface area (Å²) < 4.78 is 255.